The zero-order valence-corrected chi connectivity index (χ0v) is 20.6. The van der Waals surface area contributed by atoms with Crippen molar-refractivity contribution in [1.82, 2.24) is 4.98 Å². The van der Waals surface area contributed by atoms with E-state index in [4.69, 9.17) is 9.96 Å². The van der Waals surface area contributed by atoms with Crippen LogP contribution in [0.5, 0.6) is 0 Å². The van der Waals surface area contributed by atoms with E-state index in [9.17, 15) is 0 Å². The van der Waals surface area contributed by atoms with Crippen LogP contribution in [0.3, 0.4) is 0 Å². The molecule has 0 unspecified atom stereocenters. The second kappa shape index (κ2) is 8.49. The van der Waals surface area contributed by atoms with E-state index in [0.29, 0.717) is 0 Å². The minimum atomic E-state index is -3.76. The number of hydrogen-bond acceptors (Lipinski definition) is 3. The first-order chi connectivity index (χ1) is 11.6. The van der Waals surface area contributed by atoms with Gasteiger partial charge in [0.1, 0.15) is 0 Å². The molecule has 0 aliphatic rings. The Bertz CT molecular complexity index is 551. The molecule has 4 nitrogen and oxygen atoms in total. The summed E-state index contributed by atoms with van der Waals surface area (Å²) in [6.45, 7) is 25.7. The molecule has 152 valence electrons. The van der Waals surface area contributed by atoms with Crippen LogP contribution in [0, 0.1) is 0 Å². The summed E-state index contributed by atoms with van der Waals surface area (Å²) in [5.41, 5.74) is 2.32. The third-order valence-electron chi connectivity index (χ3n) is 3.88. The van der Waals surface area contributed by atoms with E-state index in [1.807, 2.05) is 0 Å². The first kappa shape index (κ1) is 23.9. The van der Waals surface area contributed by atoms with Gasteiger partial charge in [-0.05, 0) is 0 Å². The van der Waals surface area contributed by atoms with Crippen molar-refractivity contribution in [3.63, 3.8) is 0 Å². The first-order valence-corrected chi connectivity index (χ1v) is 12.6. The van der Waals surface area contributed by atoms with E-state index in [1.165, 1.54) is 11.4 Å². The Morgan fingerprint density at radius 2 is 1.12 bits per heavy atom. The fraction of sp³-hybridized carbons (Fsp3) is 0.810. The van der Waals surface area contributed by atoms with Crippen molar-refractivity contribution in [2.45, 2.75) is 112 Å². The normalized spacial score (nSPS) is 14.1. The molecule has 0 atom stereocenters. The molecule has 1 N–H and O–H groups in total. The van der Waals surface area contributed by atoms with Gasteiger partial charge in [-0.3, -0.25) is 0 Å². The summed E-state index contributed by atoms with van der Waals surface area (Å²) in [7, 11) is 0. The molecular formula is C21H41NO3Ti. The molecule has 0 saturated carbocycles. The number of rotatable bonds is 7. The quantitative estimate of drug-likeness (QED) is 0.619. The van der Waals surface area contributed by atoms with E-state index in [0.717, 1.165) is 3.87 Å². The van der Waals surface area contributed by atoms with Crippen molar-refractivity contribution >= 4 is 3.87 Å². The summed E-state index contributed by atoms with van der Waals surface area (Å²) in [5, 5.41) is 0. The molecule has 1 aromatic rings. The minimum absolute atomic E-state index is 0.0136. The van der Waals surface area contributed by atoms with Crippen LogP contribution in [-0.4, -0.2) is 23.3 Å². The standard InChI is InChI=1S/C12H20N.3C3H7O.Ti/c1-11(2,3)9-7-8-10(13-9)12(4,5)6;3*1-3(2)4;/h7,13H,1-6H3;3*3H,1-2H3;/q;3*-1;+3. The van der Waals surface area contributed by atoms with Crippen LogP contribution in [-0.2, 0) is 38.5 Å². The molecule has 0 saturated heterocycles. The Balaban J connectivity index is 3.73. The molecule has 26 heavy (non-hydrogen) atoms. The molecule has 1 heterocycles. The average molecular weight is 403 g/mol. The second-order valence-electron chi connectivity index (χ2n) is 10.0. The number of hydrogen-bond donors (Lipinski definition) is 1. The SMILES string of the molecule is CC(C)[O][Ti]([O]C(C)C)([O]C(C)C)[c]1cc(C(C)(C)C)[nH]c1C(C)(C)C. The van der Waals surface area contributed by atoms with Crippen LogP contribution >= 0.6 is 0 Å². The molecule has 0 bridgehead atoms. The molecular weight excluding hydrogens is 362 g/mol. The molecule has 0 radical (unpaired) electrons. The fourth-order valence-corrected chi connectivity index (χ4v) is 8.32. The predicted octanol–water partition coefficient (Wildman–Crippen LogP) is 5.41. The maximum absolute atomic E-state index is 6.53. The van der Waals surface area contributed by atoms with Crippen LogP contribution in [0.25, 0.3) is 0 Å². The summed E-state index contributed by atoms with van der Waals surface area (Å²) < 4.78 is 20.7. The molecule has 0 aliphatic heterocycles. The molecule has 0 spiro atoms. The molecule has 0 amide bonds. The van der Waals surface area contributed by atoms with Crippen LogP contribution in [0.4, 0.5) is 0 Å². The van der Waals surface area contributed by atoms with Gasteiger partial charge in [-0.2, -0.15) is 0 Å². The van der Waals surface area contributed by atoms with Gasteiger partial charge in [0.25, 0.3) is 0 Å². The molecule has 5 heteroatoms. The van der Waals surface area contributed by atoms with Crippen LogP contribution in [0.2, 0.25) is 0 Å². The van der Waals surface area contributed by atoms with Crippen molar-refractivity contribution < 1.29 is 27.7 Å². The van der Waals surface area contributed by atoms with E-state index in [2.05, 4.69) is 94.1 Å². The van der Waals surface area contributed by atoms with Crippen molar-refractivity contribution in [2.75, 3.05) is 0 Å². The molecule has 1 aromatic heterocycles. The van der Waals surface area contributed by atoms with Gasteiger partial charge in [0.15, 0.2) is 0 Å². The first-order valence-electron chi connectivity index (χ1n) is 9.86. The Morgan fingerprint density at radius 1 is 0.731 bits per heavy atom. The Morgan fingerprint density at radius 3 is 1.38 bits per heavy atom. The Hall–Kier alpha value is -0.126. The summed E-state index contributed by atoms with van der Waals surface area (Å²) in [4.78, 5) is 3.69. The number of nitrogens with one attached hydrogen (secondary N) is 1. The topological polar surface area (TPSA) is 43.5 Å². The Labute approximate surface area is 166 Å². The fourth-order valence-electron chi connectivity index (χ4n) is 2.90. The Kier molecular flexibility index (Phi) is 7.80. The number of aromatic amines is 1. The molecule has 0 fully saturated rings. The van der Waals surface area contributed by atoms with Crippen molar-refractivity contribution in [3.8, 4) is 0 Å². The summed E-state index contributed by atoms with van der Waals surface area (Å²) >= 11 is -3.76. The van der Waals surface area contributed by atoms with E-state index in [1.54, 1.807) is 0 Å². The zero-order chi connectivity index (χ0) is 20.5. The van der Waals surface area contributed by atoms with Crippen molar-refractivity contribution in [1.29, 1.82) is 0 Å². The molecule has 0 aliphatic carbocycles. The van der Waals surface area contributed by atoms with Gasteiger partial charge in [0, 0.05) is 0 Å². The molecule has 0 aromatic carbocycles. The van der Waals surface area contributed by atoms with Crippen LogP contribution in [0.15, 0.2) is 6.07 Å². The van der Waals surface area contributed by atoms with Gasteiger partial charge in [-0.15, -0.1) is 0 Å². The monoisotopic (exact) mass is 403 g/mol. The average Bonchev–Trinajstić information content (AvgIpc) is 2.80. The van der Waals surface area contributed by atoms with Crippen LogP contribution < -0.4 is 3.87 Å². The van der Waals surface area contributed by atoms with Gasteiger partial charge in [-0.1, -0.05) is 0 Å². The summed E-state index contributed by atoms with van der Waals surface area (Å²) in [6.07, 6.45) is 0.106. The van der Waals surface area contributed by atoms with Crippen LogP contribution in [0.1, 0.15) is 94.5 Å². The number of aromatic nitrogens is 1. The zero-order valence-electron chi connectivity index (χ0n) is 19.0. The number of H-pyrrole nitrogens is 1. The molecule has 1 rings (SSSR count). The van der Waals surface area contributed by atoms with Gasteiger partial charge < -0.3 is 0 Å². The van der Waals surface area contributed by atoms with E-state index in [-0.39, 0.29) is 29.1 Å². The van der Waals surface area contributed by atoms with E-state index < -0.39 is 17.8 Å². The third-order valence-corrected chi connectivity index (χ3v) is 9.19. The summed E-state index contributed by atoms with van der Waals surface area (Å²) in [5.74, 6) is 0. The third kappa shape index (κ3) is 6.20. The predicted molar refractivity (Wildman–Crippen MR) is 106 cm³/mol. The van der Waals surface area contributed by atoms with Crippen molar-refractivity contribution in [3.05, 3.63) is 17.5 Å². The van der Waals surface area contributed by atoms with Gasteiger partial charge >= 0.3 is 166 Å². The van der Waals surface area contributed by atoms with Gasteiger partial charge in [0.05, 0.1) is 0 Å². The van der Waals surface area contributed by atoms with Crippen molar-refractivity contribution in [2.24, 2.45) is 0 Å². The van der Waals surface area contributed by atoms with Gasteiger partial charge in [-0.25, -0.2) is 0 Å². The second-order valence-corrected chi connectivity index (χ2v) is 13.7. The maximum atomic E-state index is 6.53. The summed E-state index contributed by atoms with van der Waals surface area (Å²) in [6, 6.07) is 2.24. The van der Waals surface area contributed by atoms with Gasteiger partial charge in [0.2, 0.25) is 0 Å². The van der Waals surface area contributed by atoms with E-state index >= 15 is 0 Å².